The Morgan fingerprint density at radius 2 is 1.94 bits per heavy atom. The largest absolute Gasteiger partial charge is 0.348 e. The first-order valence-corrected chi connectivity index (χ1v) is 6.07. The van der Waals surface area contributed by atoms with Crippen molar-refractivity contribution in [2.45, 2.75) is 33.7 Å². The normalized spacial score (nSPS) is 21.0. The van der Waals surface area contributed by atoms with E-state index in [1.807, 2.05) is 0 Å². The maximum absolute atomic E-state index is 12.0. The predicted molar refractivity (Wildman–Crippen MR) is 68.1 cm³/mol. The topological polar surface area (TPSA) is 42.0 Å². The molecule has 17 heavy (non-hydrogen) atoms. The third-order valence-corrected chi connectivity index (χ3v) is 4.49. The first-order chi connectivity index (χ1) is 7.76. The van der Waals surface area contributed by atoms with Crippen LogP contribution in [-0.2, 0) is 0 Å². The molecule has 1 aromatic heterocycles. The Balaban J connectivity index is 2.10. The van der Waals surface area contributed by atoms with E-state index in [1.54, 1.807) is 18.3 Å². The van der Waals surface area contributed by atoms with Gasteiger partial charge in [-0.1, -0.05) is 39.3 Å². The molecule has 0 radical (unpaired) electrons. The summed E-state index contributed by atoms with van der Waals surface area (Å²) in [6, 6.07) is 3.46. The maximum Gasteiger partial charge on any atom is 0.251 e. The molecule has 0 aliphatic heterocycles. The van der Waals surface area contributed by atoms with Gasteiger partial charge in [0.25, 0.3) is 5.91 Å². The van der Waals surface area contributed by atoms with E-state index in [9.17, 15) is 4.79 Å². The molecule has 1 heterocycles. The van der Waals surface area contributed by atoms with Crippen LogP contribution in [0, 0.1) is 10.8 Å². The van der Waals surface area contributed by atoms with E-state index in [4.69, 9.17) is 11.6 Å². The average molecular weight is 253 g/mol. The van der Waals surface area contributed by atoms with E-state index >= 15 is 0 Å². The number of nitrogens with zero attached hydrogens (tertiary/aromatic N) is 1. The highest BCUT2D eigenvalue weighted by Crippen LogP contribution is 2.62. The zero-order chi connectivity index (χ0) is 12.8. The molecule has 2 rings (SSSR count). The minimum Gasteiger partial charge on any atom is -0.348 e. The van der Waals surface area contributed by atoms with Gasteiger partial charge in [0.1, 0.15) is 5.15 Å². The number of carbonyl (C=O) groups is 1. The van der Waals surface area contributed by atoms with Crippen LogP contribution < -0.4 is 5.32 Å². The molecule has 0 unspecified atom stereocenters. The predicted octanol–water partition coefficient (Wildman–Crippen LogP) is 2.90. The fourth-order valence-electron chi connectivity index (χ4n) is 2.32. The van der Waals surface area contributed by atoms with Gasteiger partial charge in [-0.3, -0.25) is 4.79 Å². The molecule has 0 spiro atoms. The Morgan fingerprint density at radius 3 is 2.41 bits per heavy atom. The van der Waals surface area contributed by atoms with Gasteiger partial charge in [0.2, 0.25) is 0 Å². The van der Waals surface area contributed by atoms with Gasteiger partial charge in [0.05, 0.1) is 0 Å². The fourth-order valence-corrected chi connectivity index (χ4v) is 2.49. The molecule has 1 aliphatic carbocycles. The van der Waals surface area contributed by atoms with E-state index in [0.29, 0.717) is 10.7 Å². The van der Waals surface area contributed by atoms with E-state index in [1.165, 1.54) is 0 Å². The summed E-state index contributed by atoms with van der Waals surface area (Å²) in [5, 5.41) is 3.39. The van der Waals surface area contributed by atoms with E-state index in [0.717, 1.165) is 0 Å². The van der Waals surface area contributed by atoms with Gasteiger partial charge in [-0.05, 0) is 23.0 Å². The van der Waals surface area contributed by atoms with Crippen LogP contribution in [0.5, 0.6) is 0 Å². The highest BCUT2D eigenvalue weighted by atomic mass is 35.5. The smallest absolute Gasteiger partial charge is 0.251 e. The van der Waals surface area contributed by atoms with E-state index in [2.05, 4.69) is 38.0 Å². The van der Waals surface area contributed by atoms with Gasteiger partial charge in [-0.2, -0.15) is 0 Å². The third kappa shape index (κ3) is 1.93. The lowest BCUT2D eigenvalue weighted by Crippen LogP contribution is -2.29. The van der Waals surface area contributed by atoms with Crippen LogP contribution in [0.3, 0.4) is 0 Å². The number of amides is 1. The Bertz CT molecular complexity index is 454. The number of nitrogens with one attached hydrogen (secondary N) is 1. The molecule has 1 saturated carbocycles. The third-order valence-electron chi connectivity index (χ3n) is 4.28. The van der Waals surface area contributed by atoms with E-state index < -0.39 is 0 Å². The van der Waals surface area contributed by atoms with Gasteiger partial charge in [-0.15, -0.1) is 0 Å². The standard InChI is InChI=1S/C13H17ClN2O/c1-12(2)11(13(12,3)4)16-10(17)8-5-6-15-9(14)7-8/h5-7,11H,1-4H3,(H,16,17). The summed E-state index contributed by atoms with van der Waals surface area (Å²) in [5.41, 5.74) is 0.836. The van der Waals surface area contributed by atoms with Crippen molar-refractivity contribution in [3.63, 3.8) is 0 Å². The molecule has 3 nitrogen and oxygen atoms in total. The van der Waals surface area contributed by atoms with Crippen LogP contribution in [0.2, 0.25) is 5.15 Å². The summed E-state index contributed by atoms with van der Waals surface area (Å²) in [6.07, 6.45) is 1.54. The molecule has 92 valence electrons. The second kappa shape index (κ2) is 3.70. The molecule has 0 saturated heterocycles. The first-order valence-electron chi connectivity index (χ1n) is 5.69. The van der Waals surface area contributed by atoms with Crippen molar-refractivity contribution in [3.05, 3.63) is 29.0 Å². The summed E-state index contributed by atoms with van der Waals surface area (Å²) in [5.74, 6) is -0.0852. The van der Waals surface area contributed by atoms with Crippen molar-refractivity contribution < 1.29 is 4.79 Å². The Kier molecular flexibility index (Phi) is 2.69. The lowest BCUT2D eigenvalue weighted by molar-refractivity contribution is 0.0943. The number of halogens is 1. The van der Waals surface area contributed by atoms with Crippen LogP contribution in [0.15, 0.2) is 18.3 Å². The fraction of sp³-hybridized carbons (Fsp3) is 0.538. The molecule has 1 amide bonds. The Labute approximate surface area is 107 Å². The van der Waals surface area contributed by atoms with Crippen molar-refractivity contribution in [2.75, 3.05) is 0 Å². The van der Waals surface area contributed by atoms with Gasteiger partial charge < -0.3 is 5.32 Å². The monoisotopic (exact) mass is 252 g/mol. The minimum atomic E-state index is -0.0852. The van der Waals surface area contributed by atoms with Crippen molar-refractivity contribution in [1.82, 2.24) is 10.3 Å². The highest BCUT2D eigenvalue weighted by molar-refractivity contribution is 6.29. The summed E-state index contributed by atoms with van der Waals surface area (Å²) in [4.78, 5) is 15.9. The quantitative estimate of drug-likeness (QED) is 0.823. The number of rotatable bonds is 2. The summed E-state index contributed by atoms with van der Waals surface area (Å²) < 4.78 is 0. The molecule has 1 N–H and O–H groups in total. The maximum atomic E-state index is 12.0. The molecule has 1 aliphatic rings. The first kappa shape index (κ1) is 12.4. The van der Waals surface area contributed by atoms with Crippen molar-refractivity contribution >= 4 is 17.5 Å². The molecule has 0 bridgehead atoms. The number of pyridine rings is 1. The van der Waals surface area contributed by atoms with Gasteiger partial charge in [0, 0.05) is 17.8 Å². The number of hydrogen-bond acceptors (Lipinski definition) is 2. The van der Waals surface area contributed by atoms with Crippen LogP contribution in [0.25, 0.3) is 0 Å². The van der Waals surface area contributed by atoms with Crippen LogP contribution >= 0.6 is 11.6 Å². The second-order valence-electron chi connectivity index (χ2n) is 5.72. The molecule has 1 aromatic rings. The highest BCUT2D eigenvalue weighted by Gasteiger charge is 2.65. The van der Waals surface area contributed by atoms with Crippen LogP contribution in [0.1, 0.15) is 38.1 Å². The van der Waals surface area contributed by atoms with Crippen LogP contribution in [-0.4, -0.2) is 16.9 Å². The zero-order valence-electron chi connectivity index (χ0n) is 10.5. The second-order valence-corrected chi connectivity index (χ2v) is 6.10. The molecule has 4 heteroatoms. The van der Waals surface area contributed by atoms with Gasteiger partial charge >= 0.3 is 0 Å². The number of carbonyl (C=O) groups excluding carboxylic acids is 1. The van der Waals surface area contributed by atoms with Gasteiger partial charge in [0.15, 0.2) is 0 Å². The number of aromatic nitrogens is 1. The SMILES string of the molecule is CC1(C)C(NC(=O)c2ccnc(Cl)c2)C1(C)C. The molecular formula is C13H17ClN2O. The Morgan fingerprint density at radius 1 is 1.35 bits per heavy atom. The van der Waals surface area contributed by atoms with E-state index in [-0.39, 0.29) is 22.8 Å². The lowest BCUT2D eigenvalue weighted by atomic mass is 10.0. The van der Waals surface area contributed by atoms with Crippen molar-refractivity contribution in [2.24, 2.45) is 10.8 Å². The summed E-state index contributed by atoms with van der Waals surface area (Å²) in [7, 11) is 0. The molecule has 0 atom stereocenters. The lowest BCUT2D eigenvalue weighted by Gasteiger charge is -2.06. The summed E-state index contributed by atoms with van der Waals surface area (Å²) in [6.45, 7) is 8.66. The molecule has 1 fully saturated rings. The minimum absolute atomic E-state index is 0.0852. The zero-order valence-corrected chi connectivity index (χ0v) is 11.3. The molecule has 0 aromatic carbocycles. The van der Waals surface area contributed by atoms with Crippen molar-refractivity contribution in [1.29, 1.82) is 0 Å². The van der Waals surface area contributed by atoms with Crippen LogP contribution in [0.4, 0.5) is 0 Å². The summed E-state index contributed by atoms with van der Waals surface area (Å²) >= 11 is 5.76. The average Bonchev–Trinajstić information content (AvgIpc) is 2.61. The van der Waals surface area contributed by atoms with Crippen molar-refractivity contribution in [3.8, 4) is 0 Å². The van der Waals surface area contributed by atoms with Gasteiger partial charge in [-0.25, -0.2) is 4.98 Å². The number of hydrogen-bond donors (Lipinski definition) is 1. The molecular weight excluding hydrogens is 236 g/mol. The Hall–Kier alpha value is -1.09.